The summed E-state index contributed by atoms with van der Waals surface area (Å²) in [7, 11) is 0. The minimum Gasteiger partial charge on any atom is -0.457 e. The van der Waals surface area contributed by atoms with E-state index in [0.717, 1.165) is 10.6 Å². The number of rotatable bonds is 5. The molecule has 5 aromatic rings. The molecule has 0 atom stereocenters. The molecule has 0 aliphatic heterocycles. The van der Waals surface area contributed by atoms with Crippen LogP contribution in [0.15, 0.2) is 65.1 Å². The summed E-state index contributed by atoms with van der Waals surface area (Å²) in [6.07, 6.45) is 2.86. The largest absolute Gasteiger partial charge is 0.457 e. The van der Waals surface area contributed by atoms with E-state index >= 15 is 0 Å². The fraction of sp³-hybridized carbons (Fsp3) is 0.0417. The molecule has 0 bridgehead atoms. The Morgan fingerprint density at radius 2 is 1.89 bits per heavy atom. The summed E-state index contributed by atoms with van der Waals surface area (Å²) < 4.78 is 7.45. The predicted octanol–water partition coefficient (Wildman–Crippen LogP) is 6.25. The lowest BCUT2D eigenvalue weighted by molar-refractivity contribution is -0.115. The minimum atomic E-state index is -0.418. The van der Waals surface area contributed by atoms with E-state index in [9.17, 15) is 4.79 Å². The fourth-order valence-corrected chi connectivity index (χ4v) is 4.88. The first-order valence-corrected chi connectivity index (χ1v) is 12.5. The average Bonchev–Trinajstić information content (AvgIpc) is 3.58. The maximum Gasteiger partial charge on any atom is 0.250 e. The zero-order valence-electron chi connectivity index (χ0n) is 18.5. The number of carbonyl (C=O) groups is 1. The fourth-order valence-electron chi connectivity index (χ4n) is 3.35. The molecule has 0 saturated carbocycles. The van der Waals surface area contributed by atoms with E-state index < -0.39 is 5.91 Å². The molecule has 8 nitrogen and oxygen atoms in total. The Morgan fingerprint density at radius 3 is 2.72 bits per heavy atom. The van der Waals surface area contributed by atoms with Gasteiger partial charge in [0.05, 0.1) is 15.7 Å². The lowest BCUT2D eigenvalue weighted by atomic mass is 10.2. The molecule has 12 heteroatoms. The van der Waals surface area contributed by atoms with Crippen LogP contribution in [-0.4, -0.2) is 30.8 Å². The Kier molecular flexibility index (Phi) is 6.84. The van der Waals surface area contributed by atoms with Gasteiger partial charge in [-0.05, 0) is 61.6 Å². The Hall–Kier alpha value is -3.57. The lowest BCUT2D eigenvalue weighted by Crippen LogP contribution is -2.32. The summed E-state index contributed by atoms with van der Waals surface area (Å²) in [6, 6.07) is 16.3. The summed E-state index contributed by atoms with van der Waals surface area (Å²) >= 11 is 19.1. The number of hydrogen-bond donors (Lipinski definition) is 2. The van der Waals surface area contributed by atoms with Gasteiger partial charge in [0.2, 0.25) is 10.9 Å². The molecule has 0 radical (unpaired) electrons. The van der Waals surface area contributed by atoms with Crippen molar-refractivity contribution in [3.63, 3.8) is 0 Å². The van der Waals surface area contributed by atoms with Gasteiger partial charge in [-0.25, -0.2) is 0 Å². The highest BCUT2D eigenvalue weighted by Crippen LogP contribution is 2.34. The first-order valence-electron chi connectivity index (χ1n) is 10.5. The number of aromatic nitrogens is 4. The van der Waals surface area contributed by atoms with Gasteiger partial charge in [-0.3, -0.25) is 10.1 Å². The first kappa shape index (κ1) is 24.1. The number of benzene rings is 2. The molecule has 5 rings (SSSR count). The highest BCUT2D eigenvalue weighted by molar-refractivity contribution is 7.80. The number of furan rings is 1. The molecule has 3 heterocycles. The SMILES string of the molecule is Cc1nnc2sc(-c3ccccc3NC(=S)NC(=O)/C=C/c3ccc(-c4cccc(Cl)c4Cl)o3)nn12. The van der Waals surface area contributed by atoms with Gasteiger partial charge < -0.3 is 9.73 Å². The molecule has 0 aliphatic rings. The van der Waals surface area contributed by atoms with Crippen LogP contribution in [0, 0.1) is 6.92 Å². The van der Waals surface area contributed by atoms with Crippen molar-refractivity contribution in [2.24, 2.45) is 0 Å². The number of thiocarbonyl (C=S) groups is 1. The smallest absolute Gasteiger partial charge is 0.250 e. The van der Waals surface area contributed by atoms with Gasteiger partial charge in [0, 0.05) is 17.2 Å². The van der Waals surface area contributed by atoms with Crippen LogP contribution in [0.1, 0.15) is 11.6 Å². The van der Waals surface area contributed by atoms with Crippen LogP contribution < -0.4 is 10.6 Å². The molecule has 2 N–H and O–H groups in total. The third-order valence-corrected chi connectivity index (χ3v) is 6.99. The third-order valence-electron chi connectivity index (χ3n) is 5.03. The van der Waals surface area contributed by atoms with Crippen molar-refractivity contribution in [2.45, 2.75) is 6.92 Å². The normalized spacial score (nSPS) is 11.3. The van der Waals surface area contributed by atoms with Crippen LogP contribution in [0.5, 0.6) is 0 Å². The number of hydrogen-bond acceptors (Lipinski definition) is 7. The lowest BCUT2D eigenvalue weighted by Gasteiger charge is -2.11. The quantitative estimate of drug-likeness (QED) is 0.195. The molecule has 1 amide bonds. The molecule has 0 fully saturated rings. The van der Waals surface area contributed by atoms with E-state index in [1.165, 1.54) is 23.5 Å². The van der Waals surface area contributed by atoms with Crippen LogP contribution >= 0.6 is 46.8 Å². The summed E-state index contributed by atoms with van der Waals surface area (Å²) in [6.45, 7) is 1.84. The standard InChI is InChI=1S/C24H16Cl2N6O2S2/c1-13-29-30-24-32(13)31-22(36-24)15-5-2-3-8-18(15)27-23(35)28-20(33)12-10-14-9-11-19(34-14)16-6-4-7-17(25)21(16)26/h2-12H,1H3,(H2,27,28,33,35)/b12-10+. The van der Waals surface area contributed by atoms with Crippen molar-refractivity contribution in [3.05, 3.63) is 82.3 Å². The molecule has 0 aliphatic carbocycles. The summed E-state index contributed by atoms with van der Waals surface area (Å²) in [5, 5.41) is 20.1. The number of fused-ring (bicyclic) bond motifs is 1. The third kappa shape index (κ3) is 5.02. The minimum absolute atomic E-state index is 0.141. The molecule has 0 saturated heterocycles. The van der Waals surface area contributed by atoms with Gasteiger partial charge in [0.15, 0.2) is 10.9 Å². The Balaban J connectivity index is 1.25. The Morgan fingerprint density at radius 1 is 1.08 bits per heavy atom. The van der Waals surface area contributed by atoms with Crippen LogP contribution in [0.25, 0.3) is 32.9 Å². The van der Waals surface area contributed by atoms with E-state index in [1.54, 1.807) is 34.8 Å². The van der Waals surface area contributed by atoms with E-state index in [2.05, 4.69) is 25.9 Å². The van der Waals surface area contributed by atoms with Crippen molar-refractivity contribution in [2.75, 3.05) is 5.32 Å². The molecular weight excluding hydrogens is 539 g/mol. The molecule has 36 heavy (non-hydrogen) atoms. The highest BCUT2D eigenvalue weighted by atomic mass is 35.5. The number of nitrogens with one attached hydrogen (secondary N) is 2. The van der Waals surface area contributed by atoms with Gasteiger partial charge in [0.1, 0.15) is 16.5 Å². The highest BCUT2D eigenvalue weighted by Gasteiger charge is 2.15. The van der Waals surface area contributed by atoms with Gasteiger partial charge in [-0.1, -0.05) is 52.7 Å². The average molecular weight is 555 g/mol. The number of nitrogens with zero attached hydrogens (tertiary/aromatic N) is 4. The molecule has 3 aromatic heterocycles. The maximum atomic E-state index is 12.4. The first-order chi connectivity index (χ1) is 17.4. The van der Waals surface area contributed by atoms with Gasteiger partial charge in [-0.2, -0.15) is 9.61 Å². The summed E-state index contributed by atoms with van der Waals surface area (Å²) in [5.41, 5.74) is 2.18. The van der Waals surface area contributed by atoms with E-state index in [4.69, 9.17) is 39.8 Å². The van der Waals surface area contributed by atoms with Crippen molar-refractivity contribution < 1.29 is 9.21 Å². The Labute approximate surface area is 224 Å². The second-order valence-corrected chi connectivity index (χ2v) is 9.62. The number of amides is 1. The van der Waals surface area contributed by atoms with E-state index in [-0.39, 0.29) is 5.11 Å². The van der Waals surface area contributed by atoms with Crippen LogP contribution in [0.4, 0.5) is 5.69 Å². The summed E-state index contributed by atoms with van der Waals surface area (Å²) in [5.74, 6) is 1.29. The van der Waals surface area contributed by atoms with Crippen molar-refractivity contribution in [1.29, 1.82) is 0 Å². The molecule has 180 valence electrons. The van der Waals surface area contributed by atoms with Crippen LogP contribution in [-0.2, 0) is 4.79 Å². The zero-order valence-corrected chi connectivity index (χ0v) is 21.7. The van der Waals surface area contributed by atoms with Gasteiger partial charge in [0.25, 0.3) is 0 Å². The maximum absolute atomic E-state index is 12.4. The van der Waals surface area contributed by atoms with Crippen molar-refractivity contribution in [3.8, 4) is 21.9 Å². The topological polar surface area (TPSA) is 97.3 Å². The number of carbonyl (C=O) groups excluding carboxylic acids is 1. The second-order valence-electron chi connectivity index (χ2n) is 7.47. The van der Waals surface area contributed by atoms with E-state index in [1.807, 2.05) is 31.2 Å². The number of para-hydroxylation sites is 1. The number of halogens is 2. The monoisotopic (exact) mass is 554 g/mol. The van der Waals surface area contributed by atoms with Crippen LogP contribution in [0.3, 0.4) is 0 Å². The molecule has 0 spiro atoms. The molecule has 0 unspecified atom stereocenters. The van der Waals surface area contributed by atoms with Crippen molar-refractivity contribution in [1.82, 2.24) is 25.1 Å². The molecule has 2 aromatic carbocycles. The zero-order chi connectivity index (χ0) is 25.2. The van der Waals surface area contributed by atoms with Gasteiger partial charge in [-0.15, -0.1) is 10.2 Å². The number of anilines is 1. The van der Waals surface area contributed by atoms with E-state index in [0.29, 0.717) is 43.6 Å². The molecular formula is C24H16Cl2N6O2S2. The second kappa shape index (κ2) is 10.2. The van der Waals surface area contributed by atoms with Crippen LogP contribution in [0.2, 0.25) is 10.0 Å². The van der Waals surface area contributed by atoms with Gasteiger partial charge >= 0.3 is 0 Å². The predicted molar refractivity (Wildman–Crippen MR) is 146 cm³/mol. The number of aryl methyl sites for hydroxylation is 1. The summed E-state index contributed by atoms with van der Waals surface area (Å²) in [4.78, 5) is 13.1. The Bertz CT molecular complexity index is 1640. The van der Waals surface area contributed by atoms with Crippen molar-refractivity contribution >= 4 is 74.5 Å².